The van der Waals surface area contributed by atoms with Crippen molar-refractivity contribution >= 4 is 40.2 Å². The molecule has 3 aromatic carbocycles. The number of nitrogens with one attached hydrogen (secondary N) is 2. The van der Waals surface area contributed by atoms with E-state index in [1.807, 2.05) is 51.1 Å². The molecule has 0 saturated heterocycles. The van der Waals surface area contributed by atoms with Crippen molar-refractivity contribution in [1.82, 2.24) is 9.97 Å². The highest BCUT2D eigenvalue weighted by atomic mass is 35.5. The lowest BCUT2D eigenvalue weighted by Gasteiger charge is -2.11. The molecular weight excluding hydrogens is 412 g/mol. The predicted molar refractivity (Wildman–Crippen MR) is 125 cm³/mol. The summed E-state index contributed by atoms with van der Waals surface area (Å²) in [5.74, 6) is 0.636. The number of phenolic OH excluding ortho intramolecular Hbond substituents is 1. The van der Waals surface area contributed by atoms with Gasteiger partial charge in [-0.2, -0.15) is 0 Å². The highest BCUT2D eigenvalue weighted by Gasteiger charge is 2.10. The van der Waals surface area contributed by atoms with Gasteiger partial charge in [-0.1, -0.05) is 23.7 Å². The van der Waals surface area contributed by atoms with Gasteiger partial charge in [0.1, 0.15) is 5.75 Å². The third kappa shape index (κ3) is 4.29. The number of phenols is 1. The first-order valence-electron chi connectivity index (χ1n) is 9.72. The third-order valence-electron chi connectivity index (χ3n) is 5.12. The Hall–Kier alpha value is -3.64. The lowest BCUT2D eigenvalue weighted by molar-refractivity contribution is 0.262. The summed E-state index contributed by atoms with van der Waals surface area (Å²) in [6, 6.07) is 14.5. The van der Waals surface area contributed by atoms with Crippen LogP contribution in [-0.2, 0) is 0 Å². The van der Waals surface area contributed by atoms with Gasteiger partial charge >= 0.3 is 6.03 Å². The zero-order chi connectivity index (χ0) is 22.1. The van der Waals surface area contributed by atoms with Gasteiger partial charge in [0.15, 0.2) is 5.82 Å². The molecule has 31 heavy (non-hydrogen) atoms. The van der Waals surface area contributed by atoms with Gasteiger partial charge in [-0.3, -0.25) is 10.3 Å². The summed E-state index contributed by atoms with van der Waals surface area (Å²) in [5, 5.41) is 16.1. The number of aromatic hydroxyl groups is 1. The fourth-order valence-corrected chi connectivity index (χ4v) is 3.56. The summed E-state index contributed by atoms with van der Waals surface area (Å²) in [5.41, 5.74) is 6.32. The molecule has 6 nitrogen and oxygen atoms in total. The zero-order valence-corrected chi connectivity index (χ0v) is 18.1. The summed E-state index contributed by atoms with van der Waals surface area (Å²) in [6.45, 7) is 5.58. The molecular formula is C24H21ClN4O2. The van der Waals surface area contributed by atoms with Crippen molar-refractivity contribution in [2.24, 2.45) is 0 Å². The molecule has 0 bridgehead atoms. The monoisotopic (exact) mass is 432 g/mol. The van der Waals surface area contributed by atoms with Crippen molar-refractivity contribution in [2.75, 3.05) is 10.6 Å². The van der Waals surface area contributed by atoms with E-state index in [0.717, 1.165) is 27.8 Å². The molecule has 0 radical (unpaired) electrons. The lowest BCUT2D eigenvalue weighted by atomic mass is 9.99. The minimum atomic E-state index is -0.431. The standard InChI is InChI=1S/C24H21ClN4O2/c1-13-9-17(10-14(2)23(13)30)16-7-8-20-21(11-16)27-22(12-26-20)29-24(31)28-19-6-4-5-18(25)15(19)3/h4-12,30H,1-3H3,(H2,27,28,29,31). The lowest BCUT2D eigenvalue weighted by Crippen LogP contribution is -2.20. The van der Waals surface area contributed by atoms with Crippen LogP contribution < -0.4 is 10.6 Å². The van der Waals surface area contributed by atoms with Crippen LogP contribution in [0.4, 0.5) is 16.3 Å². The number of hydrogen-bond donors (Lipinski definition) is 3. The normalized spacial score (nSPS) is 10.8. The number of carbonyl (C=O) groups excluding carboxylic acids is 1. The highest BCUT2D eigenvalue weighted by Crippen LogP contribution is 2.30. The van der Waals surface area contributed by atoms with Gasteiger partial charge in [-0.05, 0) is 85.0 Å². The molecule has 0 atom stereocenters. The molecule has 4 rings (SSSR count). The van der Waals surface area contributed by atoms with E-state index < -0.39 is 6.03 Å². The quantitative estimate of drug-likeness (QED) is 0.358. The Kier molecular flexibility index (Phi) is 5.48. The van der Waals surface area contributed by atoms with Crippen molar-refractivity contribution in [3.8, 4) is 16.9 Å². The first-order valence-corrected chi connectivity index (χ1v) is 10.1. The van der Waals surface area contributed by atoms with E-state index in [-0.39, 0.29) is 0 Å². The van der Waals surface area contributed by atoms with E-state index in [2.05, 4.69) is 20.6 Å². The Morgan fingerprint density at radius 3 is 2.42 bits per heavy atom. The average Bonchev–Trinajstić information content (AvgIpc) is 2.74. The van der Waals surface area contributed by atoms with E-state index >= 15 is 0 Å². The molecule has 1 heterocycles. The van der Waals surface area contributed by atoms with Crippen LogP contribution in [0.1, 0.15) is 16.7 Å². The van der Waals surface area contributed by atoms with Crippen LogP contribution in [0.2, 0.25) is 5.02 Å². The molecule has 0 fully saturated rings. The van der Waals surface area contributed by atoms with Crippen LogP contribution >= 0.6 is 11.6 Å². The first kappa shape index (κ1) is 20.6. The number of urea groups is 1. The van der Waals surface area contributed by atoms with E-state index in [4.69, 9.17) is 11.6 Å². The SMILES string of the molecule is Cc1cc(-c2ccc3ncc(NC(=O)Nc4cccc(Cl)c4C)nc3c2)cc(C)c1O. The second-order valence-electron chi connectivity index (χ2n) is 7.41. The maximum atomic E-state index is 12.4. The number of amides is 2. The molecule has 2 amide bonds. The molecule has 156 valence electrons. The number of benzene rings is 3. The smallest absolute Gasteiger partial charge is 0.324 e. The molecule has 0 unspecified atom stereocenters. The first-order chi connectivity index (χ1) is 14.8. The van der Waals surface area contributed by atoms with Crippen LogP contribution in [0.3, 0.4) is 0 Å². The van der Waals surface area contributed by atoms with Crippen molar-refractivity contribution in [2.45, 2.75) is 20.8 Å². The molecule has 0 spiro atoms. The number of aryl methyl sites for hydroxylation is 2. The summed E-state index contributed by atoms with van der Waals surface area (Å²) >= 11 is 6.11. The average molecular weight is 433 g/mol. The van der Waals surface area contributed by atoms with E-state index in [1.54, 1.807) is 18.2 Å². The third-order valence-corrected chi connectivity index (χ3v) is 5.53. The fourth-order valence-electron chi connectivity index (χ4n) is 3.39. The van der Waals surface area contributed by atoms with Crippen LogP contribution in [0.15, 0.2) is 54.7 Å². The minimum absolute atomic E-state index is 0.303. The van der Waals surface area contributed by atoms with Gasteiger partial charge in [0.2, 0.25) is 0 Å². The molecule has 4 aromatic rings. The minimum Gasteiger partial charge on any atom is -0.507 e. The Bertz CT molecular complexity index is 1300. The van der Waals surface area contributed by atoms with Crippen molar-refractivity contribution in [1.29, 1.82) is 0 Å². The maximum absolute atomic E-state index is 12.4. The Balaban J connectivity index is 1.60. The number of fused-ring (bicyclic) bond motifs is 1. The van der Waals surface area contributed by atoms with Crippen molar-refractivity contribution in [3.63, 3.8) is 0 Å². The van der Waals surface area contributed by atoms with Gasteiger partial charge in [0.05, 0.1) is 17.2 Å². The topological polar surface area (TPSA) is 87.1 Å². The zero-order valence-electron chi connectivity index (χ0n) is 17.3. The van der Waals surface area contributed by atoms with E-state index in [1.165, 1.54) is 6.20 Å². The van der Waals surface area contributed by atoms with Gasteiger partial charge in [0.25, 0.3) is 0 Å². The number of nitrogens with zero attached hydrogens (tertiary/aromatic N) is 2. The summed E-state index contributed by atoms with van der Waals surface area (Å²) in [6.07, 6.45) is 1.52. The number of anilines is 2. The van der Waals surface area contributed by atoms with E-state index in [9.17, 15) is 9.90 Å². The molecule has 7 heteroatoms. The highest BCUT2D eigenvalue weighted by molar-refractivity contribution is 6.31. The number of hydrogen-bond acceptors (Lipinski definition) is 4. The maximum Gasteiger partial charge on any atom is 0.324 e. The largest absolute Gasteiger partial charge is 0.507 e. The fraction of sp³-hybridized carbons (Fsp3) is 0.125. The second kappa shape index (κ2) is 8.24. The predicted octanol–water partition coefficient (Wildman–Crippen LogP) is 6.23. The molecule has 0 aliphatic rings. The molecule has 0 saturated carbocycles. The number of halogens is 1. The number of aromatic nitrogens is 2. The number of carbonyl (C=O) groups is 1. The molecule has 0 aliphatic carbocycles. The van der Waals surface area contributed by atoms with Crippen LogP contribution in [-0.4, -0.2) is 21.1 Å². The van der Waals surface area contributed by atoms with Crippen molar-refractivity contribution in [3.05, 3.63) is 76.4 Å². The van der Waals surface area contributed by atoms with Gasteiger partial charge < -0.3 is 10.4 Å². The van der Waals surface area contributed by atoms with Gasteiger partial charge in [-0.15, -0.1) is 0 Å². The van der Waals surface area contributed by atoms with Crippen LogP contribution in [0.5, 0.6) is 5.75 Å². The molecule has 0 aliphatic heterocycles. The Labute approximate surface area is 184 Å². The Morgan fingerprint density at radius 2 is 1.68 bits per heavy atom. The van der Waals surface area contributed by atoms with Crippen LogP contribution in [0, 0.1) is 20.8 Å². The summed E-state index contributed by atoms with van der Waals surface area (Å²) in [7, 11) is 0. The van der Waals surface area contributed by atoms with Crippen molar-refractivity contribution < 1.29 is 9.90 Å². The Morgan fingerprint density at radius 1 is 0.935 bits per heavy atom. The van der Waals surface area contributed by atoms with Gasteiger partial charge in [-0.25, -0.2) is 9.78 Å². The van der Waals surface area contributed by atoms with E-state index in [0.29, 0.717) is 33.3 Å². The second-order valence-corrected chi connectivity index (χ2v) is 7.82. The van der Waals surface area contributed by atoms with Gasteiger partial charge in [0, 0.05) is 10.7 Å². The molecule has 3 N–H and O–H groups in total. The molecule has 1 aromatic heterocycles. The summed E-state index contributed by atoms with van der Waals surface area (Å²) < 4.78 is 0. The van der Waals surface area contributed by atoms with Crippen LogP contribution in [0.25, 0.3) is 22.2 Å². The summed E-state index contributed by atoms with van der Waals surface area (Å²) in [4.78, 5) is 21.3. The number of rotatable bonds is 3.